The first-order valence-electron chi connectivity index (χ1n) is 7.29. The van der Waals surface area contributed by atoms with Gasteiger partial charge in [-0.3, -0.25) is 0 Å². The summed E-state index contributed by atoms with van der Waals surface area (Å²) in [6.45, 7) is 0. The first-order valence-corrected chi connectivity index (χ1v) is 8.17. The highest BCUT2D eigenvalue weighted by molar-refractivity contribution is 7.13. The van der Waals surface area contributed by atoms with E-state index in [9.17, 15) is 0 Å². The fourth-order valence-corrected chi connectivity index (χ4v) is 3.08. The predicted octanol–water partition coefficient (Wildman–Crippen LogP) is 1.34. The van der Waals surface area contributed by atoms with Gasteiger partial charge in [0.25, 0.3) is 0 Å². The number of nitrogens with one attached hydrogen (secondary N) is 3. The van der Waals surface area contributed by atoms with E-state index in [1.54, 1.807) is 40.0 Å². The van der Waals surface area contributed by atoms with E-state index in [0.717, 1.165) is 5.82 Å². The number of hydrazone groups is 1. The van der Waals surface area contributed by atoms with E-state index in [-0.39, 0.29) is 0 Å². The second-order valence-electron chi connectivity index (χ2n) is 4.95. The highest BCUT2D eigenvalue weighted by atomic mass is 32.1. The van der Waals surface area contributed by atoms with Gasteiger partial charge < -0.3 is 9.97 Å². The molecule has 25 heavy (non-hydrogen) atoms. The number of hydrogen-bond acceptors (Lipinski definition) is 9. The van der Waals surface area contributed by atoms with Crippen LogP contribution in [0, 0.1) is 0 Å². The summed E-state index contributed by atoms with van der Waals surface area (Å²) >= 11 is 1.48. The molecule has 124 valence electrons. The van der Waals surface area contributed by atoms with Crippen LogP contribution in [0.2, 0.25) is 0 Å². The molecule has 3 N–H and O–H groups in total. The molecule has 4 aromatic rings. The van der Waals surface area contributed by atoms with Crippen LogP contribution in [0.3, 0.4) is 0 Å². The summed E-state index contributed by atoms with van der Waals surface area (Å²) in [5.74, 6) is 1.89. The molecule has 0 aliphatic carbocycles. The van der Waals surface area contributed by atoms with Crippen LogP contribution in [0.25, 0.3) is 0 Å². The van der Waals surface area contributed by atoms with Gasteiger partial charge in [-0.2, -0.15) is 20.4 Å². The van der Waals surface area contributed by atoms with Crippen LogP contribution in [0.5, 0.6) is 0 Å². The van der Waals surface area contributed by atoms with Gasteiger partial charge in [0, 0.05) is 30.2 Å². The number of anilines is 3. The van der Waals surface area contributed by atoms with Gasteiger partial charge in [-0.05, 0) is 12.1 Å². The summed E-state index contributed by atoms with van der Waals surface area (Å²) in [6.07, 6.45) is 8.59. The topological polar surface area (TPSA) is 121 Å². The van der Waals surface area contributed by atoms with Gasteiger partial charge in [0.15, 0.2) is 11.5 Å². The fraction of sp³-hybridized carbons (Fsp3) is 0. The average Bonchev–Trinajstić information content (AvgIpc) is 3.48. The predicted molar refractivity (Wildman–Crippen MR) is 91.9 cm³/mol. The van der Waals surface area contributed by atoms with Crippen LogP contribution >= 0.6 is 11.3 Å². The van der Waals surface area contributed by atoms with Crippen molar-refractivity contribution < 1.29 is 0 Å². The molecule has 0 bridgehead atoms. The first-order chi connectivity index (χ1) is 12.4. The van der Waals surface area contributed by atoms with Crippen molar-refractivity contribution in [1.82, 2.24) is 35.3 Å². The SMILES string of the molecule is c1c[nH]c(N2N=C(c3cn[nH]n3)N(c3ncc[nH]3)N2c2nccs2)c1. The van der Waals surface area contributed by atoms with E-state index >= 15 is 0 Å². The fourth-order valence-electron chi connectivity index (χ4n) is 2.46. The molecule has 0 aromatic carbocycles. The normalized spacial score (nSPS) is 14.4. The van der Waals surface area contributed by atoms with Crippen molar-refractivity contribution in [3.8, 4) is 0 Å². The lowest BCUT2D eigenvalue weighted by Crippen LogP contribution is -2.49. The van der Waals surface area contributed by atoms with Gasteiger partial charge in [-0.1, -0.05) is 0 Å². The van der Waals surface area contributed by atoms with E-state index < -0.39 is 0 Å². The molecular weight excluding hydrogens is 342 g/mol. The van der Waals surface area contributed by atoms with Crippen molar-refractivity contribution in [3.63, 3.8) is 0 Å². The van der Waals surface area contributed by atoms with Gasteiger partial charge >= 0.3 is 0 Å². The molecule has 1 aliphatic heterocycles. The Hall–Kier alpha value is -3.67. The number of H-pyrrole nitrogens is 3. The molecular formula is C13H11N11S. The lowest BCUT2D eigenvalue weighted by Gasteiger charge is -2.30. The zero-order valence-electron chi connectivity index (χ0n) is 12.6. The van der Waals surface area contributed by atoms with Crippen LogP contribution in [0.4, 0.5) is 16.9 Å². The first kappa shape index (κ1) is 13.7. The number of hydrogen-bond donors (Lipinski definition) is 3. The molecule has 0 fully saturated rings. The zero-order chi connectivity index (χ0) is 16.6. The molecule has 5 rings (SSSR count). The van der Waals surface area contributed by atoms with Crippen LogP contribution in [0.15, 0.2) is 53.6 Å². The third-order valence-corrected chi connectivity index (χ3v) is 4.21. The van der Waals surface area contributed by atoms with E-state index in [2.05, 4.69) is 35.3 Å². The van der Waals surface area contributed by atoms with E-state index in [0.29, 0.717) is 22.6 Å². The zero-order valence-corrected chi connectivity index (χ0v) is 13.4. The van der Waals surface area contributed by atoms with Crippen molar-refractivity contribution in [1.29, 1.82) is 0 Å². The lowest BCUT2D eigenvalue weighted by atomic mass is 10.4. The molecule has 0 radical (unpaired) electrons. The van der Waals surface area contributed by atoms with Crippen molar-refractivity contribution >= 4 is 34.1 Å². The molecule has 0 saturated heterocycles. The lowest BCUT2D eigenvalue weighted by molar-refractivity contribution is 0.790. The number of aromatic nitrogens is 7. The molecule has 0 amide bonds. The summed E-state index contributed by atoms with van der Waals surface area (Å²) in [7, 11) is 0. The molecule has 0 spiro atoms. The number of imidazole rings is 1. The number of hydrazine groups is 2. The number of rotatable bonds is 4. The minimum atomic E-state index is 0.550. The van der Waals surface area contributed by atoms with Gasteiger partial charge in [0.05, 0.1) is 6.20 Å². The maximum Gasteiger partial charge on any atom is 0.230 e. The molecule has 4 aromatic heterocycles. The van der Waals surface area contributed by atoms with Crippen molar-refractivity contribution in [3.05, 3.63) is 54.2 Å². The van der Waals surface area contributed by atoms with Crippen molar-refractivity contribution in [2.24, 2.45) is 5.10 Å². The van der Waals surface area contributed by atoms with E-state index in [1.807, 2.05) is 23.7 Å². The highest BCUT2D eigenvalue weighted by Crippen LogP contribution is 2.33. The monoisotopic (exact) mass is 353 g/mol. The third kappa shape index (κ3) is 2.15. The van der Waals surface area contributed by atoms with Gasteiger partial charge in [-0.25, -0.2) is 9.97 Å². The van der Waals surface area contributed by atoms with Crippen LogP contribution in [-0.2, 0) is 0 Å². The summed E-state index contributed by atoms with van der Waals surface area (Å²) in [4.78, 5) is 15.0. The Bertz CT molecular complexity index is 956. The maximum atomic E-state index is 4.70. The third-order valence-electron chi connectivity index (χ3n) is 3.47. The molecule has 0 saturated carbocycles. The summed E-state index contributed by atoms with van der Waals surface area (Å²) in [5, 5.41) is 23.3. The van der Waals surface area contributed by atoms with E-state index in [4.69, 9.17) is 5.10 Å². The largest absolute Gasteiger partial charge is 0.345 e. The maximum absolute atomic E-state index is 4.70. The molecule has 0 atom stereocenters. The Balaban J connectivity index is 1.70. The molecule has 11 nitrogen and oxygen atoms in total. The Labute approximate surface area is 144 Å². The summed E-state index contributed by atoms with van der Waals surface area (Å²) < 4.78 is 0. The second kappa shape index (κ2) is 5.45. The highest BCUT2D eigenvalue weighted by Gasteiger charge is 2.39. The van der Waals surface area contributed by atoms with Gasteiger partial charge in [-0.15, -0.1) is 26.7 Å². The standard InChI is InChI=1S/C13H11N11S/c1-2-10(14-3-1)23-20-11(9-8-18-21-19-9)22(12-15-4-5-16-12)24(23)13-17-6-7-25-13/h1-8,14H,(H,15,16)(H,18,19,21). The molecule has 12 heteroatoms. The van der Waals surface area contributed by atoms with Gasteiger partial charge in [0.2, 0.25) is 16.9 Å². The van der Waals surface area contributed by atoms with Crippen LogP contribution in [-0.4, -0.2) is 41.2 Å². The van der Waals surface area contributed by atoms with E-state index in [1.165, 1.54) is 11.3 Å². The molecule has 0 unspecified atom stereocenters. The minimum Gasteiger partial charge on any atom is -0.345 e. The number of nitrogens with zero attached hydrogens (tertiary/aromatic N) is 8. The van der Waals surface area contributed by atoms with Crippen LogP contribution in [0.1, 0.15) is 5.69 Å². The smallest absolute Gasteiger partial charge is 0.230 e. The second-order valence-corrected chi connectivity index (χ2v) is 5.83. The Morgan fingerprint density at radius 3 is 2.76 bits per heavy atom. The number of aromatic amines is 3. The molecule has 5 heterocycles. The number of amidine groups is 1. The quantitative estimate of drug-likeness (QED) is 0.506. The summed E-state index contributed by atoms with van der Waals surface area (Å²) in [6, 6.07) is 3.81. The van der Waals surface area contributed by atoms with Crippen molar-refractivity contribution in [2.45, 2.75) is 0 Å². The average molecular weight is 353 g/mol. The van der Waals surface area contributed by atoms with Gasteiger partial charge in [0.1, 0.15) is 0 Å². The van der Waals surface area contributed by atoms with Crippen LogP contribution < -0.4 is 15.2 Å². The Morgan fingerprint density at radius 1 is 1.08 bits per heavy atom. The Morgan fingerprint density at radius 2 is 2.08 bits per heavy atom. The summed E-state index contributed by atoms with van der Waals surface area (Å²) in [5.41, 5.74) is 0.576. The van der Waals surface area contributed by atoms with Crippen molar-refractivity contribution in [2.75, 3.05) is 15.2 Å². The number of thiazole rings is 1. The minimum absolute atomic E-state index is 0.550. The Kier molecular flexibility index (Phi) is 3.00. The molecule has 1 aliphatic rings.